The molecule has 0 radical (unpaired) electrons. The summed E-state index contributed by atoms with van der Waals surface area (Å²) >= 11 is 5.32. The number of methoxy groups -OCH3 is 1. The minimum absolute atomic E-state index is 0.559. The first-order valence-electron chi connectivity index (χ1n) is 5.91. The minimum Gasteiger partial charge on any atom is -0.497 e. The van der Waals surface area contributed by atoms with E-state index < -0.39 is 0 Å². The van der Waals surface area contributed by atoms with Gasteiger partial charge in [0.05, 0.1) is 12.8 Å². The molecule has 3 nitrogen and oxygen atoms in total. The maximum atomic E-state index is 5.32. The molecule has 0 saturated carbocycles. The third-order valence-electron chi connectivity index (χ3n) is 2.98. The van der Waals surface area contributed by atoms with Gasteiger partial charge in [0, 0.05) is 17.3 Å². The van der Waals surface area contributed by atoms with Gasteiger partial charge < -0.3 is 4.74 Å². The lowest BCUT2D eigenvalue weighted by atomic mass is 10.1. The van der Waals surface area contributed by atoms with E-state index in [-0.39, 0.29) is 0 Å². The van der Waals surface area contributed by atoms with Crippen molar-refractivity contribution in [2.24, 2.45) is 0 Å². The maximum Gasteiger partial charge on any atom is 0.204 e. The van der Waals surface area contributed by atoms with Gasteiger partial charge in [0.15, 0.2) is 0 Å². The summed E-state index contributed by atoms with van der Waals surface area (Å²) in [6.07, 6.45) is 1.92. The Morgan fingerprint density at radius 3 is 2.63 bits per heavy atom. The highest BCUT2D eigenvalue weighted by atomic mass is 32.1. The van der Waals surface area contributed by atoms with Crippen LogP contribution in [0.5, 0.6) is 5.75 Å². The molecule has 0 saturated heterocycles. The van der Waals surface area contributed by atoms with Gasteiger partial charge in [0.25, 0.3) is 0 Å². The summed E-state index contributed by atoms with van der Waals surface area (Å²) in [6.45, 7) is 0. The predicted molar refractivity (Wildman–Crippen MR) is 78.0 cm³/mol. The molecule has 3 rings (SSSR count). The van der Waals surface area contributed by atoms with Crippen molar-refractivity contribution >= 4 is 17.7 Å². The molecule has 2 aromatic heterocycles. The van der Waals surface area contributed by atoms with Crippen molar-refractivity contribution in [3.05, 3.63) is 59.5 Å². The zero-order valence-electron chi connectivity index (χ0n) is 10.4. The molecule has 0 aliphatic rings. The number of fused-ring (bicyclic) bond motifs is 1. The summed E-state index contributed by atoms with van der Waals surface area (Å²) in [7, 11) is 1.65. The zero-order valence-corrected chi connectivity index (χ0v) is 11.2. The molecule has 0 aliphatic heterocycles. The molecule has 94 valence electrons. The summed E-state index contributed by atoms with van der Waals surface area (Å²) in [5, 5.41) is 0. The molecular formula is C15H12N2OS. The summed E-state index contributed by atoms with van der Waals surface area (Å²) in [5.74, 6) is 0.831. The van der Waals surface area contributed by atoms with E-state index in [4.69, 9.17) is 17.0 Å². The van der Waals surface area contributed by atoms with Crippen LogP contribution in [0.3, 0.4) is 0 Å². The SMILES string of the molecule is COc1ccc(-c2cc3ccccn3c(=S)n2)cc1. The van der Waals surface area contributed by atoms with Gasteiger partial charge in [-0.1, -0.05) is 6.07 Å². The number of hydrogen-bond acceptors (Lipinski definition) is 3. The van der Waals surface area contributed by atoms with Gasteiger partial charge in [-0.2, -0.15) is 0 Å². The molecule has 0 bridgehead atoms. The largest absolute Gasteiger partial charge is 0.497 e. The van der Waals surface area contributed by atoms with Gasteiger partial charge in [-0.3, -0.25) is 4.40 Å². The molecule has 4 heteroatoms. The van der Waals surface area contributed by atoms with Crippen LogP contribution < -0.4 is 4.74 Å². The Kier molecular flexibility index (Phi) is 3.01. The number of rotatable bonds is 2. The van der Waals surface area contributed by atoms with Gasteiger partial charge in [-0.25, -0.2) is 4.98 Å². The van der Waals surface area contributed by atoms with Gasteiger partial charge in [-0.05, 0) is 54.7 Å². The third-order valence-corrected chi connectivity index (χ3v) is 3.27. The number of nitrogens with zero attached hydrogens (tertiary/aromatic N) is 2. The monoisotopic (exact) mass is 268 g/mol. The van der Waals surface area contributed by atoms with Crippen LogP contribution in [0, 0.1) is 4.77 Å². The second kappa shape index (κ2) is 4.82. The quantitative estimate of drug-likeness (QED) is 0.662. The fraction of sp³-hybridized carbons (Fsp3) is 0.0667. The molecule has 19 heavy (non-hydrogen) atoms. The lowest BCUT2D eigenvalue weighted by molar-refractivity contribution is 0.415. The smallest absolute Gasteiger partial charge is 0.204 e. The Bertz CT molecular complexity index is 778. The molecule has 0 fully saturated rings. The molecular weight excluding hydrogens is 256 g/mol. The molecule has 0 unspecified atom stereocenters. The minimum atomic E-state index is 0.559. The molecule has 0 N–H and O–H groups in total. The first kappa shape index (κ1) is 11.9. The fourth-order valence-corrected chi connectivity index (χ4v) is 2.25. The third kappa shape index (κ3) is 2.22. The number of benzene rings is 1. The van der Waals surface area contributed by atoms with E-state index in [2.05, 4.69) is 4.98 Å². The van der Waals surface area contributed by atoms with Crippen LogP contribution in [0.15, 0.2) is 54.7 Å². The number of ether oxygens (including phenoxy) is 1. The Morgan fingerprint density at radius 1 is 1.11 bits per heavy atom. The molecule has 0 aliphatic carbocycles. The highest BCUT2D eigenvalue weighted by molar-refractivity contribution is 7.71. The topological polar surface area (TPSA) is 26.5 Å². The van der Waals surface area contributed by atoms with Crippen LogP contribution in [-0.2, 0) is 0 Å². The van der Waals surface area contributed by atoms with E-state index in [1.54, 1.807) is 7.11 Å². The van der Waals surface area contributed by atoms with Crippen LogP contribution in [0.2, 0.25) is 0 Å². The summed E-state index contributed by atoms with van der Waals surface area (Å²) in [5.41, 5.74) is 2.94. The van der Waals surface area contributed by atoms with E-state index >= 15 is 0 Å². The lowest BCUT2D eigenvalue weighted by Gasteiger charge is -2.06. The highest BCUT2D eigenvalue weighted by Crippen LogP contribution is 2.21. The number of hydrogen-bond donors (Lipinski definition) is 0. The standard InChI is InChI=1S/C15H12N2OS/c1-18-13-7-5-11(6-8-13)14-10-12-4-2-3-9-17(12)15(19)16-14/h2-10H,1H3. The van der Waals surface area contributed by atoms with Crippen molar-refractivity contribution in [2.75, 3.05) is 7.11 Å². The first-order chi connectivity index (χ1) is 9.28. The average Bonchev–Trinajstić information content (AvgIpc) is 2.47. The van der Waals surface area contributed by atoms with Crippen molar-refractivity contribution in [1.29, 1.82) is 0 Å². The van der Waals surface area contributed by atoms with E-state index in [1.807, 2.05) is 59.1 Å². The molecule has 0 amide bonds. The van der Waals surface area contributed by atoms with Crippen LogP contribution in [0.4, 0.5) is 0 Å². The second-order valence-corrected chi connectivity index (χ2v) is 4.51. The van der Waals surface area contributed by atoms with E-state index in [9.17, 15) is 0 Å². The van der Waals surface area contributed by atoms with Crippen LogP contribution in [0.25, 0.3) is 16.8 Å². The zero-order chi connectivity index (χ0) is 13.2. The molecule has 2 heterocycles. The first-order valence-corrected chi connectivity index (χ1v) is 6.31. The van der Waals surface area contributed by atoms with Crippen LogP contribution >= 0.6 is 12.2 Å². The van der Waals surface area contributed by atoms with Crippen molar-refractivity contribution in [2.45, 2.75) is 0 Å². The van der Waals surface area contributed by atoms with Crippen molar-refractivity contribution in [3.8, 4) is 17.0 Å². The van der Waals surface area contributed by atoms with E-state index in [1.165, 1.54) is 0 Å². The van der Waals surface area contributed by atoms with Gasteiger partial charge >= 0.3 is 0 Å². The maximum absolute atomic E-state index is 5.32. The fourth-order valence-electron chi connectivity index (χ4n) is 1.99. The van der Waals surface area contributed by atoms with Gasteiger partial charge in [-0.15, -0.1) is 0 Å². The van der Waals surface area contributed by atoms with Crippen molar-refractivity contribution in [1.82, 2.24) is 9.38 Å². The van der Waals surface area contributed by atoms with Crippen LogP contribution in [0.1, 0.15) is 0 Å². The number of aromatic nitrogens is 2. The second-order valence-electron chi connectivity index (χ2n) is 4.15. The molecule has 0 atom stereocenters. The molecule has 0 spiro atoms. The normalized spacial score (nSPS) is 10.6. The number of pyridine rings is 1. The van der Waals surface area contributed by atoms with E-state index in [0.717, 1.165) is 22.5 Å². The predicted octanol–water partition coefficient (Wildman–Crippen LogP) is 3.74. The van der Waals surface area contributed by atoms with E-state index in [0.29, 0.717) is 4.77 Å². The molecule has 1 aromatic carbocycles. The van der Waals surface area contributed by atoms with Gasteiger partial charge in [0.2, 0.25) is 4.77 Å². The Balaban J connectivity index is 2.16. The molecule has 3 aromatic rings. The summed E-state index contributed by atoms with van der Waals surface area (Å²) < 4.78 is 7.60. The summed E-state index contributed by atoms with van der Waals surface area (Å²) in [4.78, 5) is 4.46. The Labute approximate surface area is 116 Å². The van der Waals surface area contributed by atoms with Crippen molar-refractivity contribution < 1.29 is 4.74 Å². The highest BCUT2D eigenvalue weighted by Gasteiger charge is 2.02. The lowest BCUT2D eigenvalue weighted by Crippen LogP contribution is -1.94. The van der Waals surface area contributed by atoms with Gasteiger partial charge in [0.1, 0.15) is 5.75 Å². The van der Waals surface area contributed by atoms with Crippen molar-refractivity contribution in [3.63, 3.8) is 0 Å². The Morgan fingerprint density at radius 2 is 1.89 bits per heavy atom. The Hall–Kier alpha value is -2.20. The average molecular weight is 268 g/mol. The summed E-state index contributed by atoms with van der Waals surface area (Å²) in [6, 6.07) is 15.8. The van der Waals surface area contributed by atoms with Crippen LogP contribution in [-0.4, -0.2) is 16.5 Å².